The minimum absolute atomic E-state index is 0.0533. The predicted molar refractivity (Wildman–Crippen MR) is 69.6 cm³/mol. The standard InChI is InChI=1S/C13H24N4/c1-10(2)13(14)12-8-17(9-15-12)7-11-5-4-6-16(11)3/h8-11,13H,4-7,14H2,1-3H3/t11-,13-/m0/s1. The second kappa shape index (κ2) is 5.19. The smallest absolute Gasteiger partial charge is 0.0950 e. The molecule has 1 aliphatic rings. The number of aromatic nitrogens is 2. The van der Waals surface area contributed by atoms with Gasteiger partial charge in [-0.3, -0.25) is 0 Å². The zero-order valence-electron chi connectivity index (χ0n) is 11.1. The normalized spacial score (nSPS) is 23.5. The van der Waals surface area contributed by atoms with E-state index in [0.29, 0.717) is 12.0 Å². The van der Waals surface area contributed by atoms with Crippen molar-refractivity contribution in [2.75, 3.05) is 13.6 Å². The summed E-state index contributed by atoms with van der Waals surface area (Å²) in [7, 11) is 2.20. The highest BCUT2D eigenvalue weighted by atomic mass is 15.2. The highest BCUT2D eigenvalue weighted by molar-refractivity contribution is 5.04. The monoisotopic (exact) mass is 236 g/mol. The summed E-state index contributed by atoms with van der Waals surface area (Å²) in [6.45, 7) is 6.52. The van der Waals surface area contributed by atoms with E-state index in [1.54, 1.807) is 0 Å². The molecule has 0 bridgehead atoms. The molecule has 0 spiro atoms. The van der Waals surface area contributed by atoms with Crippen LogP contribution >= 0.6 is 0 Å². The average Bonchev–Trinajstić information content (AvgIpc) is 2.88. The summed E-state index contributed by atoms with van der Waals surface area (Å²) in [5, 5.41) is 0. The summed E-state index contributed by atoms with van der Waals surface area (Å²) < 4.78 is 2.18. The third kappa shape index (κ3) is 2.87. The molecule has 1 fully saturated rings. The van der Waals surface area contributed by atoms with Crippen molar-refractivity contribution in [1.82, 2.24) is 14.5 Å². The lowest BCUT2D eigenvalue weighted by molar-refractivity contribution is 0.282. The van der Waals surface area contributed by atoms with E-state index in [-0.39, 0.29) is 6.04 Å². The Morgan fingerprint density at radius 1 is 1.53 bits per heavy atom. The lowest BCUT2D eigenvalue weighted by Gasteiger charge is -2.19. The van der Waals surface area contributed by atoms with Gasteiger partial charge in [0.1, 0.15) is 0 Å². The Morgan fingerprint density at radius 3 is 2.88 bits per heavy atom. The van der Waals surface area contributed by atoms with Crippen molar-refractivity contribution in [3.8, 4) is 0 Å². The van der Waals surface area contributed by atoms with E-state index >= 15 is 0 Å². The van der Waals surface area contributed by atoms with Crippen LogP contribution in [0.1, 0.15) is 38.4 Å². The third-order valence-electron chi connectivity index (χ3n) is 3.81. The molecule has 0 saturated carbocycles. The van der Waals surface area contributed by atoms with E-state index < -0.39 is 0 Å². The number of likely N-dealkylation sites (tertiary alicyclic amines) is 1. The maximum absolute atomic E-state index is 6.10. The predicted octanol–water partition coefficient (Wildman–Crippen LogP) is 1.63. The van der Waals surface area contributed by atoms with Gasteiger partial charge >= 0.3 is 0 Å². The van der Waals surface area contributed by atoms with Gasteiger partial charge in [0.15, 0.2) is 0 Å². The summed E-state index contributed by atoms with van der Waals surface area (Å²) in [5.41, 5.74) is 7.11. The average molecular weight is 236 g/mol. The van der Waals surface area contributed by atoms with Crippen LogP contribution in [0.5, 0.6) is 0 Å². The van der Waals surface area contributed by atoms with Crippen molar-refractivity contribution in [3.63, 3.8) is 0 Å². The SMILES string of the molecule is CC(C)[C@H](N)c1cn(C[C@@H]2CCCN2C)cn1. The summed E-state index contributed by atoms with van der Waals surface area (Å²) >= 11 is 0. The highest BCUT2D eigenvalue weighted by Gasteiger charge is 2.21. The number of nitrogens with two attached hydrogens (primary N) is 1. The number of imidazole rings is 1. The first-order valence-corrected chi connectivity index (χ1v) is 6.55. The fourth-order valence-corrected chi connectivity index (χ4v) is 2.44. The van der Waals surface area contributed by atoms with Crippen LogP contribution in [0.4, 0.5) is 0 Å². The van der Waals surface area contributed by atoms with E-state index in [1.165, 1.54) is 19.4 Å². The third-order valence-corrected chi connectivity index (χ3v) is 3.81. The summed E-state index contributed by atoms with van der Waals surface area (Å²) in [6, 6.07) is 0.713. The highest BCUT2D eigenvalue weighted by Crippen LogP contribution is 2.19. The molecule has 1 aliphatic heterocycles. The number of likely N-dealkylation sites (N-methyl/N-ethyl adjacent to an activating group) is 1. The van der Waals surface area contributed by atoms with E-state index in [0.717, 1.165) is 12.2 Å². The van der Waals surface area contributed by atoms with Gasteiger partial charge in [0.25, 0.3) is 0 Å². The number of rotatable bonds is 4. The fourth-order valence-electron chi connectivity index (χ4n) is 2.44. The van der Waals surface area contributed by atoms with Crippen LogP contribution in [0, 0.1) is 5.92 Å². The van der Waals surface area contributed by atoms with Gasteiger partial charge in [0, 0.05) is 18.8 Å². The van der Waals surface area contributed by atoms with E-state index in [9.17, 15) is 0 Å². The minimum Gasteiger partial charge on any atom is -0.336 e. The minimum atomic E-state index is 0.0533. The van der Waals surface area contributed by atoms with Gasteiger partial charge in [0.2, 0.25) is 0 Å². The Kier molecular flexibility index (Phi) is 3.84. The van der Waals surface area contributed by atoms with Crippen LogP contribution < -0.4 is 5.73 Å². The summed E-state index contributed by atoms with van der Waals surface area (Å²) in [5.74, 6) is 0.438. The van der Waals surface area contributed by atoms with Gasteiger partial charge in [-0.2, -0.15) is 0 Å². The molecule has 1 aromatic rings. The second-order valence-electron chi connectivity index (χ2n) is 5.54. The molecule has 17 heavy (non-hydrogen) atoms. The molecular weight excluding hydrogens is 212 g/mol. The van der Waals surface area contributed by atoms with Crippen LogP contribution in [-0.4, -0.2) is 34.1 Å². The Hall–Kier alpha value is -0.870. The van der Waals surface area contributed by atoms with Crippen molar-refractivity contribution in [1.29, 1.82) is 0 Å². The molecule has 0 aromatic carbocycles. The van der Waals surface area contributed by atoms with Crippen LogP contribution in [-0.2, 0) is 6.54 Å². The number of hydrogen-bond acceptors (Lipinski definition) is 3. The molecule has 2 N–H and O–H groups in total. The first-order chi connectivity index (χ1) is 8.08. The molecule has 1 saturated heterocycles. The van der Waals surface area contributed by atoms with Gasteiger partial charge in [0.05, 0.1) is 18.1 Å². The molecule has 0 amide bonds. The lowest BCUT2D eigenvalue weighted by Crippen LogP contribution is -2.28. The van der Waals surface area contributed by atoms with Crippen LogP contribution in [0.15, 0.2) is 12.5 Å². The first kappa shape index (κ1) is 12.6. The molecule has 2 rings (SSSR count). The Balaban J connectivity index is 1.98. The maximum Gasteiger partial charge on any atom is 0.0950 e. The molecule has 0 unspecified atom stereocenters. The zero-order valence-corrected chi connectivity index (χ0v) is 11.1. The van der Waals surface area contributed by atoms with Crippen molar-refractivity contribution in [3.05, 3.63) is 18.2 Å². The van der Waals surface area contributed by atoms with Gasteiger partial charge in [-0.1, -0.05) is 13.8 Å². The molecule has 1 aromatic heterocycles. The van der Waals surface area contributed by atoms with Gasteiger partial charge < -0.3 is 15.2 Å². The summed E-state index contributed by atoms with van der Waals surface area (Å²) in [4.78, 5) is 6.86. The number of hydrogen-bond donors (Lipinski definition) is 1. The molecule has 4 heteroatoms. The van der Waals surface area contributed by atoms with Crippen molar-refractivity contribution in [2.24, 2.45) is 11.7 Å². The maximum atomic E-state index is 6.10. The van der Waals surface area contributed by atoms with E-state index in [4.69, 9.17) is 5.73 Å². The van der Waals surface area contributed by atoms with E-state index in [1.807, 2.05) is 6.33 Å². The first-order valence-electron chi connectivity index (χ1n) is 6.55. The number of nitrogens with zero attached hydrogens (tertiary/aromatic N) is 3. The van der Waals surface area contributed by atoms with Gasteiger partial charge in [-0.05, 0) is 32.4 Å². The topological polar surface area (TPSA) is 47.1 Å². The van der Waals surface area contributed by atoms with Crippen LogP contribution in [0.3, 0.4) is 0 Å². The Morgan fingerprint density at radius 2 is 2.29 bits per heavy atom. The largest absolute Gasteiger partial charge is 0.336 e. The van der Waals surface area contributed by atoms with Crippen molar-refractivity contribution in [2.45, 2.75) is 45.3 Å². The molecule has 4 nitrogen and oxygen atoms in total. The van der Waals surface area contributed by atoms with Gasteiger partial charge in [-0.15, -0.1) is 0 Å². The lowest BCUT2D eigenvalue weighted by atomic mass is 10.0. The summed E-state index contributed by atoms with van der Waals surface area (Å²) in [6.07, 6.45) is 6.63. The van der Waals surface area contributed by atoms with Crippen LogP contribution in [0.25, 0.3) is 0 Å². The molecule has 0 radical (unpaired) electrons. The Bertz CT molecular complexity index is 358. The Labute approximate surface area is 104 Å². The molecule has 2 atom stereocenters. The van der Waals surface area contributed by atoms with Crippen LogP contribution in [0.2, 0.25) is 0 Å². The molecule has 2 heterocycles. The molecule has 96 valence electrons. The van der Waals surface area contributed by atoms with Crippen molar-refractivity contribution >= 4 is 0 Å². The second-order valence-corrected chi connectivity index (χ2v) is 5.54. The van der Waals surface area contributed by atoms with Gasteiger partial charge in [-0.25, -0.2) is 4.98 Å². The fraction of sp³-hybridized carbons (Fsp3) is 0.769. The molecule has 0 aliphatic carbocycles. The van der Waals surface area contributed by atoms with Crippen molar-refractivity contribution < 1.29 is 0 Å². The molecular formula is C13H24N4. The zero-order chi connectivity index (χ0) is 12.4. The quantitative estimate of drug-likeness (QED) is 0.864. The van der Waals surface area contributed by atoms with E-state index in [2.05, 4.69) is 41.5 Å².